The lowest BCUT2D eigenvalue weighted by Crippen LogP contribution is -2.08. The van der Waals surface area contributed by atoms with Crippen LogP contribution in [0.3, 0.4) is 0 Å². The van der Waals surface area contributed by atoms with Crippen molar-refractivity contribution >= 4 is 22.5 Å². The van der Waals surface area contributed by atoms with Crippen molar-refractivity contribution in [2.75, 3.05) is 0 Å². The zero-order chi connectivity index (χ0) is 12.6. The van der Waals surface area contributed by atoms with Gasteiger partial charge >= 0.3 is 6.18 Å². The molecule has 0 aliphatic heterocycles. The van der Waals surface area contributed by atoms with Gasteiger partial charge in [-0.2, -0.15) is 13.2 Å². The topological polar surface area (TPSA) is 38.9 Å². The van der Waals surface area contributed by atoms with E-state index >= 15 is 0 Å². The van der Waals surface area contributed by atoms with Crippen LogP contribution in [-0.2, 0) is 12.7 Å². The molecule has 1 aromatic heterocycles. The molecule has 0 atom stereocenters. The van der Waals surface area contributed by atoms with Crippen molar-refractivity contribution in [3.8, 4) is 0 Å². The molecule has 2 aromatic rings. The third-order valence-corrected chi connectivity index (χ3v) is 2.55. The number of hydrogen-bond acceptors (Lipinski definition) is 2. The van der Waals surface area contributed by atoms with Crippen molar-refractivity contribution in [1.82, 2.24) is 4.98 Å². The molecule has 2 nitrogen and oxygen atoms in total. The molecule has 2 N–H and O–H groups in total. The van der Waals surface area contributed by atoms with E-state index in [4.69, 9.17) is 17.3 Å². The molecule has 0 aliphatic rings. The molecule has 1 heterocycles. The number of halogens is 4. The summed E-state index contributed by atoms with van der Waals surface area (Å²) < 4.78 is 38.4. The molecule has 0 radical (unpaired) electrons. The third kappa shape index (κ3) is 2.35. The van der Waals surface area contributed by atoms with E-state index in [0.717, 1.165) is 6.07 Å². The standard InChI is InChI=1S/C11H8ClF3N2/c12-7-3-6-1-2-8(5-16)17-10(6)9(4-7)11(13,14)15/h1-4H,5,16H2. The summed E-state index contributed by atoms with van der Waals surface area (Å²) in [6.45, 7) is 0.0931. The van der Waals surface area contributed by atoms with Crippen molar-refractivity contribution in [2.45, 2.75) is 12.7 Å². The van der Waals surface area contributed by atoms with Gasteiger partial charge in [-0.15, -0.1) is 0 Å². The first-order chi connectivity index (χ1) is 7.91. The highest BCUT2D eigenvalue weighted by Crippen LogP contribution is 2.36. The van der Waals surface area contributed by atoms with Gasteiger partial charge in [0.25, 0.3) is 0 Å². The maximum absolute atomic E-state index is 12.8. The van der Waals surface area contributed by atoms with Gasteiger partial charge in [-0.3, -0.25) is 4.98 Å². The molecule has 0 aliphatic carbocycles. The van der Waals surface area contributed by atoms with Crippen LogP contribution in [0, 0.1) is 0 Å². The Bertz CT molecular complexity index is 566. The average molecular weight is 261 g/mol. The van der Waals surface area contributed by atoms with Crippen LogP contribution in [-0.4, -0.2) is 4.98 Å². The fourth-order valence-electron chi connectivity index (χ4n) is 1.57. The second-order valence-corrected chi connectivity index (χ2v) is 3.97. The third-order valence-electron chi connectivity index (χ3n) is 2.33. The van der Waals surface area contributed by atoms with E-state index in [1.54, 1.807) is 6.07 Å². The number of pyridine rings is 1. The molecule has 0 bridgehead atoms. The quantitative estimate of drug-likeness (QED) is 0.854. The van der Waals surface area contributed by atoms with Gasteiger partial charge in [0.1, 0.15) is 0 Å². The lowest BCUT2D eigenvalue weighted by atomic mass is 10.1. The van der Waals surface area contributed by atoms with Gasteiger partial charge in [0.05, 0.1) is 16.8 Å². The van der Waals surface area contributed by atoms with Gasteiger partial charge in [0.2, 0.25) is 0 Å². The van der Waals surface area contributed by atoms with Crippen LogP contribution < -0.4 is 5.73 Å². The summed E-state index contributed by atoms with van der Waals surface area (Å²) in [5.41, 5.74) is 4.81. The van der Waals surface area contributed by atoms with Gasteiger partial charge in [-0.05, 0) is 18.2 Å². The van der Waals surface area contributed by atoms with Crippen molar-refractivity contribution in [3.05, 3.63) is 40.5 Å². The van der Waals surface area contributed by atoms with Crippen LogP contribution >= 0.6 is 11.6 Å². The van der Waals surface area contributed by atoms with E-state index < -0.39 is 11.7 Å². The average Bonchev–Trinajstić information content (AvgIpc) is 2.26. The fourth-order valence-corrected chi connectivity index (χ4v) is 1.80. The minimum atomic E-state index is -4.48. The van der Waals surface area contributed by atoms with E-state index in [2.05, 4.69) is 4.98 Å². The van der Waals surface area contributed by atoms with E-state index in [0.29, 0.717) is 11.1 Å². The van der Waals surface area contributed by atoms with Gasteiger partial charge in [0.15, 0.2) is 0 Å². The summed E-state index contributed by atoms with van der Waals surface area (Å²) >= 11 is 5.65. The summed E-state index contributed by atoms with van der Waals surface area (Å²) in [5.74, 6) is 0. The second-order valence-electron chi connectivity index (χ2n) is 3.53. The molecule has 90 valence electrons. The predicted octanol–water partition coefficient (Wildman–Crippen LogP) is 3.37. The molecule has 0 amide bonds. The van der Waals surface area contributed by atoms with Crippen molar-refractivity contribution in [2.24, 2.45) is 5.73 Å². The largest absolute Gasteiger partial charge is 0.418 e. The van der Waals surface area contributed by atoms with Crippen LogP contribution in [0.2, 0.25) is 5.02 Å². The first-order valence-electron chi connectivity index (χ1n) is 4.78. The van der Waals surface area contributed by atoms with Gasteiger partial charge in [0, 0.05) is 17.0 Å². The van der Waals surface area contributed by atoms with Gasteiger partial charge < -0.3 is 5.73 Å². The summed E-state index contributed by atoms with van der Waals surface area (Å²) in [4.78, 5) is 3.90. The van der Waals surface area contributed by atoms with Crippen LogP contribution in [0.4, 0.5) is 13.2 Å². The fraction of sp³-hybridized carbons (Fsp3) is 0.182. The number of aromatic nitrogens is 1. The highest BCUT2D eigenvalue weighted by molar-refractivity contribution is 6.31. The summed E-state index contributed by atoms with van der Waals surface area (Å²) in [6, 6.07) is 5.43. The number of nitrogens with two attached hydrogens (primary N) is 1. The Morgan fingerprint density at radius 2 is 1.94 bits per heavy atom. The maximum atomic E-state index is 12.8. The Balaban J connectivity index is 2.80. The molecule has 0 fully saturated rings. The van der Waals surface area contributed by atoms with Crippen LogP contribution in [0.25, 0.3) is 10.9 Å². The molecule has 0 saturated carbocycles. The van der Waals surface area contributed by atoms with E-state index in [9.17, 15) is 13.2 Å². The lowest BCUT2D eigenvalue weighted by molar-refractivity contribution is -0.136. The lowest BCUT2D eigenvalue weighted by Gasteiger charge is -2.11. The number of alkyl halides is 3. The van der Waals surface area contributed by atoms with Crippen LogP contribution in [0.1, 0.15) is 11.3 Å². The molecular formula is C11H8ClF3N2. The van der Waals surface area contributed by atoms with E-state index in [1.165, 1.54) is 12.1 Å². The Morgan fingerprint density at radius 3 is 2.53 bits per heavy atom. The van der Waals surface area contributed by atoms with Crippen molar-refractivity contribution < 1.29 is 13.2 Å². The molecular weight excluding hydrogens is 253 g/mol. The van der Waals surface area contributed by atoms with Crippen LogP contribution in [0.5, 0.6) is 0 Å². The number of hydrogen-bond donors (Lipinski definition) is 1. The summed E-state index contributed by atoms with van der Waals surface area (Å²) in [6.07, 6.45) is -4.48. The monoisotopic (exact) mass is 260 g/mol. The minimum absolute atomic E-state index is 0.0344. The molecule has 2 rings (SSSR count). The Morgan fingerprint density at radius 1 is 1.24 bits per heavy atom. The Labute approximate surface area is 100 Å². The zero-order valence-corrected chi connectivity index (χ0v) is 9.31. The molecule has 1 aromatic carbocycles. The number of fused-ring (bicyclic) bond motifs is 1. The predicted molar refractivity (Wildman–Crippen MR) is 59.6 cm³/mol. The van der Waals surface area contributed by atoms with Gasteiger partial charge in [-0.1, -0.05) is 17.7 Å². The maximum Gasteiger partial charge on any atom is 0.418 e. The number of rotatable bonds is 1. The first kappa shape index (κ1) is 12.1. The summed E-state index contributed by atoms with van der Waals surface area (Å²) in [5, 5.41) is 0.383. The number of nitrogens with zero attached hydrogens (tertiary/aromatic N) is 1. The molecule has 0 saturated heterocycles. The van der Waals surface area contributed by atoms with Crippen LogP contribution in [0.15, 0.2) is 24.3 Å². The highest BCUT2D eigenvalue weighted by Gasteiger charge is 2.33. The summed E-state index contributed by atoms with van der Waals surface area (Å²) in [7, 11) is 0. The van der Waals surface area contributed by atoms with E-state index in [-0.39, 0.29) is 17.1 Å². The minimum Gasteiger partial charge on any atom is -0.325 e. The van der Waals surface area contributed by atoms with Crippen molar-refractivity contribution in [3.63, 3.8) is 0 Å². The highest BCUT2D eigenvalue weighted by atomic mass is 35.5. The Kier molecular flexibility index (Phi) is 2.97. The van der Waals surface area contributed by atoms with Gasteiger partial charge in [-0.25, -0.2) is 0 Å². The second kappa shape index (κ2) is 4.16. The normalized spacial score (nSPS) is 12.1. The van der Waals surface area contributed by atoms with E-state index in [1.807, 2.05) is 0 Å². The zero-order valence-electron chi connectivity index (χ0n) is 8.55. The van der Waals surface area contributed by atoms with Crippen molar-refractivity contribution in [1.29, 1.82) is 0 Å². The smallest absolute Gasteiger partial charge is 0.325 e. The first-order valence-corrected chi connectivity index (χ1v) is 5.16. The molecule has 17 heavy (non-hydrogen) atoms. The SMILES string of the molecule is NCc1ccc2cc(Cl)cc(C(F)(F)F)c2n1. The number of benzene rings is 1. The molecule has 6 heteroatoms. The Hall–Kier alpha value is -1.33. The molecule has 0 unspecified atom stereocenters. The molecule has 0 spiro atoms.